The molecule has 1 aliphatic heterocycles. The number of aliphatic hydroxyl groups excluding tert-OH is 1. The van der Waals surface area contributed by atoms with E-state index >= 15 is 0 Å². The first-order chi connectivity index (χ1) is 19.3. The zero-order chi connectivity index (χ0) is 30.0. The molecule has 4 rings (SSSR count). The van der Waals surface area contributed by atoms with E-state index in [4.69, 9.17) is 9.47 Å². The van der Waals surface area contributed by atoms with Crippen molar-refractivity contribution < 1.29 is 42.0 Å². The molecule has 41 heavy (non-hydrogen) atoms. The fourth-order valence-corrected chi connectivity index (χ4v) is 4.36. The second-order valence-corrected chi connectivity index (χ2v) is 10.2. The summed E-state index contributed by atoms with van der Waals surface area (Å²) in [6, 6.07) is 11.9. The van der Waals surface area contributed by atoms with E-state index in [2.05, 4.69) is 15.6 Å². The van der Waals surface area contributed by atoms with Crippen LogP contribution in [0, 0.1) is 5.82 Å². The molecule has 220 valence electrons. The number of hydrogen-bond acceptors (Lipinski definition) is 7. The Bertz CT molecular complexity index is 1390. The minimum atomic E-state index is -5.23. The molecule has 0 aliphatic carbocycles. The number of nitrogens with zero attached hydrogens (tertiary/aromatic N) is 1. The fraction of sp³-hybridized carbons (Fsp3) is 0.379. The molecule has 8 nitrogen and oxygen atoms in total. The van der Waals surface area contributed by atoms with Gasteiger partial charge in [0.05, 0.1) is 31.1 Å². The van der Waals surface area contributed by atoms with Crippen LogP contribution in [0.4, 0.5) is 17.6 Å². The average Bonchev–Trinajstić information content (AvgIpc) is 2.92. The lowest BCUT2D eigenvalue weighted by atomic mass is 9.81. The van der Waals surface area contributed by atoms with Gasteiger partial charge in [0.15, 0.2) is 11.5 Å². The molecular formula is C29H31F4N3O5. The highest BCUT2D eigenvalue weighted by molar-refractivity contribution is 5.95. The lowest BCUT2D eigenvalue weighted by Gasteiger charge is -2.41. The molecule has 0 saturated carbocycles. The highest BCUT2D eigenvalue weighted by Gasteiger charge is 2.57. The normalized spacial score (nSPS) is 19.0. The van der Waals surface area contributed by atoms with Crippen molar-refractivity contribution in [3.05, 3.63) is 77.2 Å². The van der Waals surface area contributed by atoms with E-state index in [1.807, 2.05) is 6.92 Å². The molecule has 1 fully saturated rings. The molecule has 2 heterocycles. The van der Waals surface area contributed by atoms with Crippen LogP contribution < -0.4 is 20.1 Å². The lowest BCUT2D eigenvalue weighted by molar-refractivity contribution is -0.265. The summed E-state index contributed by atoms with van der Waals surface area (Å²) in [5.41, 5.74) is -4.05. The number of hydrogen-bond donors (Lipinski definition) is 4. The van der Waals surface area contributed by atoms with Crippen molar-refractivity contribution in [3.8, 4) is 22.8 Å². The van der Waals surface area contributed by atoms with Crippen LogP contribution in [0.15, 0.2) is 54.6 Å². The van der Waals surface area contributed by atoms with Crippen LogP contribution in [0.2, 0.25) is 0 Å². The largest absolute Gasteiger partial charge is 0.493 e. The summed E-state index contributed by atoms with van der Waals surface area (Å²) in [4.78, 5) is 17.0. The summed E-state index contributed by atoms with van der Waals surface area (Å²) in [6.07, 6.45) is -5.35. The number of halogens is 4. The number of aliphatic hydroxyl groups is 2. The van der Waals surface area contributed by atoms with Crippen molar-refractivity contribution in [3.63, 3.8) is 0 Å². The number of benzene rings is 2. The molecule has 1 aliphatic rings. The quantitative estimate of drug-likeness (QED) is 0.269. The second kappa shape index (κ2) is 11.6. The van der Waals surface area contributed by atoms with E-state index in [1.54, 1.807) is 6.07 Å². The first-order valence-corrected chi connectivity index (χ1v) is 12.9. The Labute approximate surface area is 234 Å². The van der Waals surface area contributed by atoms with Crippen LogP contribution in [0.1, 0.15) is 41.9 Å². The van der Waals surface area contributed by atoms with Gasteiger partial charge in [-0.15, -0.1) is 0 Å². The third-order valence-electron chi connectivity index (χ3n) is 7.05. The van der Waals surface area contributed by atoms with Crippen molar-refractivity contribution in [2.75, 3.05) is 26.8 Å². The van der Waals surface area contributed by atoms with Gasteiger partial charge in [0.2, 0.25) is 5.60 Å². The number of aromatic nitrogens is 1. The van der Waals surface area contributed by atoms with Crippen LogP contribution in [0.25, 0.3) is 11.3 Å². The molecule has 0 radical (unpaired) electrons. The average molecular weight is 578 g/mol. The monoisotopic (exact) mass is 577 g/mol. The number of ether oxygens (including phenoxy) is 2. The zero-order valence-corrected chi connectivity index (χ0v) is 22.7. The van der Waals surface area contributed by atoms with E-state index < -0.39 is 47.4 Å². The maximum atomic E-state index is 14.5. The Morgan fingerprint density at radius 3 is 2.39 bits per heavy atom. The van der Waals surface area contributed by atoms with Gasteiger partial charge in [-0.1, -0.05) is 0 Å². The number of methoxy groups -OCH3 is 1. The number of carbonyl (C=O) groups is 1. The molecule has 4 N–H and O–H groups in total. The summed E-state index contributed by atoms with van der Waals surface area (Å²) in [5, 5.41) is 25.9. The summed E-state index contributed by atoms with van der Waals surface area (Å²) < 4.78 is 67.7. The Balaban J connectivity index is 1.67. The molecule has 1 aromatic heterocycles. The van der Waals surface area contributed by atoms with E-state index in [9.17, 15) is 32.6 Å². The number of alkyl halides is 3. The first kappa shape index (κ1) is 30.2. The molecule has 0 spiro atoms. The van der Waals surface area contributed by atoms with E-state index in [-0.39, 0.29) is 29.4 Å². The molecular weight excluding hydrogens is 546 g/mol. The molecule has 1 unspecified atom stereocenters. The topological polar surface area (TPSA) is 113 Å². The van der Waals surface area contributed by atoms with Gasteiger partial charge >= 0.3 is 6.18 Å². The minimum Gasteiger partial charge on any atom is -0.493 e. The molecule has 1 saturated heterocycles. The van der Waals surface area contributed by atoms with Crippen molar-refractivity contribution in [2.45, 2.75) is 43.7 Å². The smallest absolute Gasteiger partial charge is 0.424 e. The van der Waals surface area contributed by atoms with Crippen molar-refractivity contribution in [1.29, 1.82) is 0 Å². The van der Waals surface area contributed by atoms with Gasteiger partial charge in [0.25, 0.3) is 5.91 Å². The molecule has 2 aromatic carbocycles. The third-order valence-corrected chi connectivity index (χ3v) is 7.05. The third kappa shape index (κ3) is 6.45. The number of rotatable bonds is 10. The first-order valence-electron chi connectivity index (χ1n) is 12.9. The Kier molecular flexibility index (Phi) is 8.57. The summed E-state index contributed by atoms with van der Waals surface area (Å²) in [5.74, 6) is -1.07. The van der Waals surface area contributed by atoms with Gasteiger partial charge in [-0.25, -0.2) is 9.37 Å². The van der Waals surface area contributed by atoms with Gasteiger partial charge < -0.3 is 30.3 Å². The highest BCUT2D eigenvalue weighted by Crippen LogP contribution is 2.41. The van der Waals surface area contributed by atoms with Crippen LogP contribution in [0.3, 0.4) is 0 Å². The van der Waals surface area contributed by atoms with Gasteiger partial charge in [-0.05, 0) is 87.0 Å². The maximum Gasteiger partial charge on any atom is 0.424 e. The Morgan fingerprint density at radius 1 is 1.15 bits per heavy atom. The molecule has 12 heteroatoms. The molecule has 1 amide bonds. The van der Waals surface area contributed by atoms with Crippen molar-refractivity contribution in [1.82, 2.24) is 15.6 Å². The van der Waals surface area contributed by atoms with Crippen molar-refractivity contribution in [2.24, 2.45) is 0 Å². The van der Waals surface area contributed by atoms with E-state index in [0.717, 1.165) is 12.1 Å². The number of pyridine rings is 1. The number of nitrogens with one attached hydrogen (secondary N) is 2. The van der Waals surface area contributed by atoms with Gasteiger partial charge in [0, 0.05) is 16.7 Å². The second-order valence-electron chi connectivity index (χ2n) is 10.2. The van der Waals surface area contributed by atoms with Gasteiger partial charge in [0.1, 0.15) is 12.4 Å². The SMILES string of the molecule is COc1cc(C(=O)NCC(O)(c2cc([C@@]3(C)CCN3)cc(-c3ccc(F)cc3)n2)C(F)(F)F)ccc1OC[C@@H](C)O. The molecule has 3 atom stereocenters. The summed E-state index contributed by atoms with van der Waals surface area (Å²) in [7, 11) is 1.32. The van der Waals surface area contributed by atoms with E-state index in [1.165, 1.54) is 50.4 Å². The summed E-state index contributed by atoms with van der Waals surface area (Å²) in [6.45, 7) is 2.72. The number of amides is 1. The zero-order valence-electron chi connectivity index (χ0n) is 22.7. The van der Waals surface area contributed by atoms with Gasteiger partial charge in [-0.3, -0.25) is 4.79 Å². The van der Waals surface area contributed by atoms with Gasteiger partial charge in [-0.2, -0.15) is 13.2 Å². The van der Waals surface area contributed by atoms with Crippen LogP contribution in [-0.4, -0.2) is 60.2 Å². The van der Waals surface area contributed by atoms with Crippen LogP contribution in [0.5, 0.6) is 11.5 Å². The minimum absolute atomic E-state index is 0.0406. The Morgan fingerprint density at radius 2 is 1.83 bits per heavy atom. The molecule has 3 aromatic rings. The molecule has 0 bridgehead atoms. The Hall–Kier alpha value is -3.74. The number of carbonyl (C=O) groups excluding carboxylic acids is 1. The lowest BCUT2D eigenvalue weighted by Crippen LogP contribution is -2.53. The fourth-order valence-electron chi connectivity index (χ4n) is 4.36. The summed E-state index contributed by atoms with van der Waals surface area (Å²) >= 11 is 0. The predicted octanol–water partition coefficient (Wildman–Crippen LogP) is 4.04. The standard InChI is InChI=1S/C29H31F4N3O5/c1-17(37)15-41-23-9-6-19(12-24(23)40-3)26(38)34-16-28(39,29(31,32)33)25-14-20(27(2)10-11-35-27)13-22(36-25)18-4-7-21(30)8-5-18/h4-9,12-14,17,35,37,39H,10-11,15-16H2,1-3H3,(H,34,38)/t17-,27-,28?/m1/s1. The van der Waals surface area contributed by atoms with E-state index in [0.29, 0.717) is 24.1 Å². The van der Waals surface area contributed by atoms with Crippen molar-refractivity contribution >= 4 is 5.91 Å². The van der Waals surface area contributed by atoms with Crippen LogP contribution in [-0.2, 0) is 11.1 Å². The maximum absolute atomic E-state index is 14.5. The van der Waals surface area contributed by atoms with Crippen LogP contribution >= 0.6 is 0 Å². The predicted molar refractivity (Wildman–Crippen MR) is 142 cm³/mol. The highest BCUT2D eigenvalue weighted by atomic mass is 19.4.